The van der Waals surface area contributed by atoms with Crippen LogP contribution in [-0.4, -0.2) is 79.1 Å². The molecule has 0 aliphatic carbocycles. The van der Waals surface area contributed by atoms with Gasteiger partial charge in [-0.25, -0.2) is 4.39 Å². The molecule has 0 N–H and O–H groups in total. The first-order valence-corrected chi connectivity index (χ1v) is 8.71. The van der Waals surface area contributed by atoms with Gasteiger partial charge < -0.3 is 9.64 Å². The lowest BCUT2D eigenvalue weighted by molar-refractivity contribution is -0.141. The molecule has 1 unspecified atom stereocenters. The highest BCUT2D eigenvalue weighted by atomic mass is 19.1. The molecule has 132 valence electrons. The zero-order valence-corrected chi connectivity index (χ0v) is 14.3. The van der Waals surface area contributed by atoms with E-state index in [1.165, 1.54) is 6.07 Å². The average Bonchev–Trinajstić information content (AvgIpc) is 2.64. The van der Waals surface area contributed by atoms with Crippen molar-refractivity contribution >= 4 is 5.91 Å². The van der Waals surface area contributed by atoms with E-state index in [2.05, 4.69) is 9.80 Å². The van der Waals surface area contributed by atoms with Crippen molar-refractivity contribution in [2.45, 2.75) is 19.5 Å². The number of morpholine rings is 1. The van der Waals surface area contributed by atoms with E-state index in [0.717, 1.165) is 31.7 Å². The minimum atomic E-state index is -0.143. The summed E-state index contributed by atoms with van der Waals surface area (Å²) in [6.45, 7) is 8.66. The number of benzene rings is 1. The Labute approximate surface area is 143 Å². The zero-order valence-electron chi connectivity index (χ0n) is 14.3. The minimum Gasteiger partial charge on any atom is -0.378 e. The molecule has 2 fully saturated rings. The highest BCUT2D eigenvalue weighted by Crippen LogP contribution is 2.14. The fourth-order valence-corrected chi connectivity index (χ4v) is 3.38. The molecule has 2 heterocycles. The predicted octanol–water partition coefficient (Wildman–Crippen LogP) is 1.19. The Morgan fingerprint density at radius 3 is 2.46 bits per heavy atom. The minimum absolute atomic E-state index is 0.0984. The van der Waals surface area contributed by atoms with E-state index in [1.807, 2.05) is 24.0 Å². The lowest BCUT2D eigenvalue weighted by Crippen LogP contribution is -2.55. The number of nitrogens with zero attached hydrogens (tertiary/aromatic N) is 3. The van der Waals surface area contributed by atoms with Gasteiger partial charge in [-0.2, -0.15) is 0 Å². The first kappa shape index (κ1) is 17.3. The summed E-state index contributed by atoms with van der Waals surface area (Å²) >= 11 is 0. The van der Waals surface area contributed by atoms with Crippen LogP contribution in [0.2, 0.25) is 0 Å². The number of carbonyl (C=O) groups excluding carboxylic acids is 1. The van der Waals surface area contributed by atoms with E-state index >= 15 is 0 Å². The van der Waals surface area contributed by atoms with Crippen LogP contribution in [0.15, 0.2) is 24.3 Å². The summed E-state index contributed by atoms with van der Waals surface area (Å²) in [5.41, 5.74) is 0.739. The van der Waals surface area contributed by atoms with Crippen LogP contribution in [0.25, 0.3) is 0 Å². The van der Waals surface area contributed by atoms with Crippen LogP contribution in [0.1, 0.15) is 12.5 Å². The molecular weight excluding hydrogens is 309 g/mol. The number of hydrogen-bond donors (Lipinski definition) is 0. The number of ether oxygens (including phenoxy) is 1. The zero-order chi connectivity index (χ0) is 16.9. The molecule has 1 aromatic rings. The summed E-state index contributed by atoms with van der Waals surface area (Å²) in [5.74, 6) is 0.0525. The van der Waals surface area contributed by atoms with Gasteiger partial charge in [-0.05, 0) is 13.0 Å². The molecule has 2 aliphatic rings. The third-order valence-electron chi connectivity index (χ3n) is 4.99. The van der Waals surface area contributed by atoms with Crippen LogP contribution in [0, 0.1) is 5.82 Å². The van der Waals surface area contributed by atoms with Crippen LogP contribution >= 0.6 is 0 Å². The summed E-state index contributed by atoms with van der Waals surface area (Å²) in [4.78, 5) is 19.0. The number of rotatable bonds is 4. The van der Waals surface area contributed by atoms with Crippen molar-refractivity contribution in [3.63, 3.8) is 0 Å². The first-order valence-electron chi connectivity index (χ1n) is 8.71. The van der Waals surface area contributed by atoms with Gasteiger partial charge in [-0.1, -0.05) is 18.2 Å². The average molecular weight is 335 g/mol. The van der Waals surface area contributed by atoms with Crippen molar-refractivity contribution < 1.29 is 13.9 Å². The molecule has 5 nitrogen and oxygen atoms in total. The van der Waals surface area contributed by atoms with Crippen LogP contribution in [0.4, 0.5) is 4.39 Å². The van der Waals surface area contributed by atoms with Gasteiger partial charge >= 0.3 is 0 Å². The number of piperazine rings is 1. The molecule has 0 spiro atoms. The highest BCUT2D eigenvalue weighted by molar-refractivity contribution is 5.81. The molecule has 0 aromatic heterocycles. The van der Waals surface area contributed by atoms with Crippen molar-refractivity contribution in [3.05, 3.63) is 35.6 Å². The Hall–Kier alpha value is -1.50. The van der Waals surface area contributed by atoms with E-state index in [0.29, 0.717) is 32.8 Å². The molecule has 2 saturated heterocycles. The Bertz CT molecular complexity index is 555. The Kier molecular flexibility index (Phi) is 5.81. The molecule has 0 radical (unpaired) electrons. The molecule has 1 amide bonds. The van der Waals surface area contributed by atoms with Crippen molar-refractivity contribution in [1.29, 1.82) is 0 Å². The maximum atomic E-state index is 13.8. The van der Waals surface area contributed by atoms with Gasteiger partial charge in [-0.3, -0.25) is 14.6 Å². The molecule has 1 atom stereocenters. The molecule has 2 aliphatic heterocycles. The maximum Gasteiger partial charge on any atom is 0.239 e. The van der Waals surface area contributed by atoms with E-state index in [-0.39, 0.29) is 17.8 Å². The van der Waals surface area contributed by atoms with Gasteiger partial charge in [0.15, 0.2) is 0 Å². The van der Waals surface area contributed by atoms with Gasteiger partial charge in [0.05, 0.1) is 19.3 Å². The largest absolute Gasteiger partial charge is 0.378 e. The fourth-order valence-electron chi connectivity index (χ4n) is 3.38. The predicted molar refractivity (Wildman–Crippen MR) is 90.1 cm³/mol. The third-order valence-corrected chi connectivity index (χ3v) is 4.99. The van der Waals surface area contributed by atoms with Gasteiger partial charge in [0.25, 0.3) is 0 Å². The summed E-state index contributed by atoms with van der Waals surface area (Å²) in [7, 11) is 0. The topological polar surface area (TPSA) is 36.0 Å². The van der Waals surface area contributed by atoms with E-state index in [1.54, 1.807) is 6.07 Å². The van der Waals surface area contributed by atoms with Crippen LogP contribution in [-0.2, 0) is 16.1 Å². The third kappa shape index (κ3) is 4.12. The van der Waals surface area contributed by atoms with Crippen LogP contribution < -0.4 is 0 Å². The normalized spacial score (nSPS) is 21.7. The Morgan fingerprint density at radius 1 is 1.12 bits per heavy atom. The van der Waals surface area contributed by atoms with Crippen molar-refractivity contribution in [1.82, 2.24) is 14.7 Å². The van der Waals surface area contributed by atoms with Crippen LogP contribution in [0.3, 0.4) is 0 Å². The molecule has 0 bridgehead atoms. The lowest BCUT2D eigenvalue weighted by atomic mass is 10.1. The van der Waals surface area contributed by atoms with Gasteiger partial charge in [0.2, 0.25) is 5.91 Å². The van der Waals surface area contributed by atoms with E-state index in [9.17, 15) is 9.18 Å². The van der Waals surface area contributed by atoms with Crippen molar-refractivity contribution in [2.75, 3.05) is 52.5 Å². The first-order chi connectivity index (χ1) is 11.6. The van der Waals surface area contributed by atoms with Crippen molar-refractivity contribution in [3.8, 4) is 0 Å². The lowest BCUT2D eigenvalue weighted by Gasteiger charge is -2.39. The summed E-state index contributed by atoms with van der Waals surface area (Å²) in [5, 5.41) is 0. The smallest absolute Gasteiger partial charge is 0.239 e. The Morgan fingerprint density at radius 2 is 1.79 bits per heavy atom. The second-order valence-electron chi connectivity index (χ2n) is 6.52. The van der Waals surface area contributed by atoms with E-state index in [4.69, 9.17) is 4.74 Å². The number of amides is 1. The summed E-state index contributed by atoms with van der Waals surface area (Å²) < 4.78 is 19.1. The SMILES string of the molecule is CC(C(=O)N1CCOCC1)N1CCN(Cc2ccccc2F)CC1. The maximum absolute atomic E-state index is 13.8. The summed E-state index contributed by atoms with van der Waals surface area (Å²) in [6.07, 6.45) is 0. The van der Waals surface area contributed by atoms with Gasteiger partial charge in [0, 0.05) is 51.4 Å². The molecule has 24 heavy (non-hydrogen) atoms. The monoisotopic (exact) mass is 335 g/mol. The fraction of sp³-hybridized carbons (Fsp3) is 0.611. The molecular formula is C18H26FN3O2. The van der Waals surface area contributed by atoms with Crippen LogP contribution in [0.5, 0.6) is 0 Å². The number of hydrogen-bond acceptors (Lipinski definition) is 4. The molecule has 6 heteroatoms. The summed E-state index contributed by atoms with van der Waals surface area (Å²) in [6, 6.07) is 6.84. The Balaban J connectivity index is 1.49. The standard InChI is InChI=1S/C18H26FN3O2/c1-15(18(23)22-10-12-24-13-11-22)21-8-6-20(7-9-21)14-16-4-2-3-5-17(16)19/h2-5,15H,6-14H2,1H3. The molecule has 0 saturated carbocycles. The number of carbonyl (C=O) groups is 1. The molecule has 3 rings (SSSR count). The highest BCUT2D eigenvalue weighted by Gasteiger charge is 2.29. The van der Waals surface area contributed by atoms with Crippen molar-refractivity contribution in [2.24, 2.45) is 0 Å². The second-order valence-corrected chi connectivity index (χ2v) is 6.52. The molecule has 1 aromatic carbocycles. The number of halogens is 1. The van der Waals surface area contributed by atoms with Gasteiger partial charge in [0.1, 0.15) is 5.82 Å². The second kappa shape index (κ2) is 8.05. The van der Waals surface area contributed by atoms with E-state index < -0.39 is 0 Å². The van der Waals surface area contributed by atoms with Gasteiger partial charge in [-0.15, -0.1) is 0 Å². The quantitative estimate of drug-likeness (QED) is 0.828.